The van der Waals surface area contributed by atoms with Gasteiger partial charge >= 0.3 is 0 Å². The molecule has 0 atom stereocenters. The molecule has 2 aromatic carbocycles. The van der Waals surface area contributed by atoms with Gasteiger partial charge in [-0.3, -0.25) is 4.72 Å². The number of anilines is 1. The Kier molecular flexibility index (Phi) is 4.24. The lowest BCUT2D eigenvalue weighted by molar-refractivity contribution is 0.357. The summed E-state index contributed by atoms with van der Waals surface area (Å²) in [4.78, 5) is -0.0858. The average molecular weight is 425 g/mol. The van der Waals surface area contributed by atoms with Gasteiger partial charge < -0.3 is 4.74 Å². The molecule has 122 valence electrons. The highest BCUT2D eigenvalue weighted by molar-refractivity contribution is 9.10. The smallest absolute Gasteiger partial charge is 0.262 e. The number of sulfonamides is 1. The van der Waals surface area contributed by atoms with Crippen LogP contribution in [-0.2, 0) is 16.4 Å². The van der Waals surface area contributed by atoms with Crippen LogP contribution in [0.3, 0.4) is 0 Å². The molecule has 1 aliphatic heterocycles. The topological polar surface area (TPSA) is 55.4 Å². The first-order chi connectivity index (χ1) is 10.8. The highest BCUT2D eigenvalue weighted by Crippen LogP contribution is 2.36. The SMILES string of the molecule is O=S(=O)(Nc1ccc(F)c(Br)c1F)c1cc(Cl)cc2c1CCO2. The van der Waals surface area contributed by atoms with Crippen molar-refractivity contribution in [3.8, 4) is 5.75 Å². The van der Waals surface area contributed by atoms with Gasteiger partial charge in [-0.25, -0.2) is 17.2 Å². The fraction of sp³-hybridized carbons (Fsp3) is 0.143. The van der Waals surface area contributed by atoms with Crippen LogP contribution >= 0.6 is 27.5 Å². The minimum atomic E-state index is -4.11. The van der Waals surface area contributed by atoms with Crippen molar-refractivity contribution in [1.29, 1.82) is 0 Å². The molecular weight excluding hydrogens is 416 g/mol. The van der Waals surface area contributed by atoms with Crippen LogP contribution in [-0.4, -0.2) is 15.0 Å². The summed E-state index contributed by atoms with van der Waals surface area (Å²) >= 11 is 8.64. The van der Waals surface area contributed by atoms with Gasteiger partial charge in [0.25, 0.3) is 10.0 Å². The summed E-state index contributed by atoms with van der Waals surface area (Å²) in [5.41, 5.74) is 0.106. The monoisotopic (exact) mass is 423 g/mol. The second kappa shape index (κ2) is 5.92. The lowest BCUT2D eigenvalue weighted by Gasteiger charge is -2.13. The summed E-state index contributed by atoms with van der Waals surface area (Å²) < 4.78 is 59.4. The molecule has 9 heteroatoms. The molecule has 0 radical (unpaired) electrons. The van der Waals surface area contributed by atoms with Crippen molar-refractivity contribution in [3.05, 3.63) is 51.0 Å². The number of nitrogens with one attached hydrogen (secondary N) is 1. The molecule has 0 saturated carbocycles. The fourth-order valence-electron chi connectivity index (χ4n) is 2.27. The molecule has 0 fully saturated rings. The Morgan fingerprint density at radius 3 is 2.74 bits per heavy atom. The molecular formula is C14H9BrClF2NO3S. The molecule has 0 amide bonds. The summed E-state index contributed by atoms with van der Waals surface area (Å²) in [7, 11) is -4.11. The van der Waals surface area contributed by atoms with Gasteiger partial charge in [0, 0.05) is 17.0 Å². The molecule has 4 nitrogen and oxygen atoms in total. The van der Waals surface area contributed by atoms with E-state index in [1.54, 1.807) is 0 Å². The summed E-state index contributed by atoms with van der Waals surface area (Å²) in [5.74, 6) is -1.48. The average Bonchev–Trinajstić information content (AvgIpc) is 2.95. The van der Waals surface area contributed by atoms with Gasteiger partial charge in [-0.1, -0.05) is 11.6 Å². The number of fused-ring (bicyclic) bond motifs is 1. The van der Waals surface area contributed by atoms with Crippen molar-refractivity contribution in [2.45, 2.75) is 11.3 Å². The van der Waals surface area contributed by atoms with Gasteiger partial charge in [-0.15, -0.1) is 0 Å². The molecule has 0 aromatic heterocycles. The Bertz CT molecular complexity index is 905. The highest BCUT2D eigenvalue weighted by Gasteiger charge is 2.27. The highest BCUT2D eigenvalue weighted by atomic mass is 79.9. The van der Waals surface area contributed by atoms with E-state index in [2.05, 4.69) is 20.7 Å². The molecule has 0 unspecified atom stereocenters. The van der Waals surface area contributed by atoms with Crippen LogP contribution in [0.15, 0.2) is 33.6 Å². The first-order valence-corrected chi connectivity index (χ1v) is 9.06. The molecule has 2 aromatic rings. The Hall–Kier alpha value is -1.38. The van der Waals surface area contributed by atoms with Crippen molar-refractivity contribution >= 4 is 43.2 Å². The zero-order valence-corrected chi connectivity index (χ0v) is 14.5. The third-order valence-corrected chi connectivity index (χ3v) is 5.69. The van der Waals surface area contributed by atoms with E-state index in [0.717, 1.165) is 12.1 Å². The van der Waals surface area contributed by atoms with E-state index in [1.165, 1.54) is 12.1 Å². The molecule has 3 rings (SSSR count). The number of hydrogen-bond donors (Lipinski definition) is 1. The van der Waals surface area contributed by atoms with Gasteiger partial charge in [-0.2, -0.15) is 0 Å². The lowest BCUT2D eigenvalue weighted by atomic mass is 10.2. The number of hydrogen-bond acceptors (Lipinski definition) is 3. The van der Waals surface area contributed by atoms with Crippen molar-refractivity contribution in [3.63, 3.8) is 0 Å². The summed E-state index contributed by atoms with van der Waals surface area (Å²) in [6.07, 6.45) is 0.401. The zero-order chi connectivity index (χ0) is 16.8. The van der Waals surface area contributed by atoms with E-state index in [-0.39, 0.29) is 15.6 Å². The Balaban J connectivity index is 2.06. The van der Waals surface area contributed by atoms with Gasteiger partial charge in [0.15, 0.2) is 5.82 Å². The van der Waals surface area contributed by atoms with Gasteiger partial charge in [0.2, 0.25) is 0 Å². The van der Waals surface area contributed by atoms with Crippen LogP contribution in [0.1, 0.15) is 5.56 Å². The number of benzene rings is 2. The quantitative estimate of drug-likeness (QED) is 0.754. The third kappa shape index (κ3) is 3.02. The van der Waals surface area contributed by atoms with E-state index in [4.69, 9.17) is 16.3 Å². The first-order valence-electron chi connectivity index (χ1n) is 6.41. The Morgan fingerprint density at radius 1 is 1.26 bits per heavy atom. The van der Waals surface area contributed by atoms with Crippen molar-refractivity contribution in [2.24, 2.45) is 0 Å². The summed E-state index contributed by atoms with van der Waals surface area (Å²) in [6, 6.07) is 4.76. The van der Waals surface area contributed by atoms with E-state index >= 15 is 0 Å². The van der Waals surface area contributed by atoms with Gasteiger partial charge in [0.05, 0.1) is 21.7 Å². The molecule has 0 saturated heterocycles. The molecule has 0 aliphatic carbocycles. The summed E-state index contributed by atoms with van der Waals surface area (Å²) in [5, 5.41) is 0.187. The Morgan fingerprint density at radius 2 is 2.00 bits per heavy atom. The zero-order valence-electron chi connectivity index (χ0n) is 11.4. The largest absolute Gasteiger partial charge is 0.493 e. The van der Waals surface area contributed by atoms with Crippen LogP contribution in [0, 0.1) is 11.6 Å². The number of rotatable bonds is 3. The second-order valence-electron chi connectivity index (χ2n) is 4.81. The normalized spacial score (nSPS) is 13.6. The molecule has 1 heterocycles. The second-order valence-corrected chi connectivity index (χ2v) is 7.69. The first kappa shape index (κ1) is 16.5. The van der Waals surface area contributed by atoms with Crippen molar-refractivity contribution < 1.29 is 21.9 Å². The Labute approximate surface area is 144 Å². The van der Waals surface area contributed by atoms with E-state index in [1.807, 2.05) is 0 Å². The molecule has 1 aliphatic rings. The van der Waals surface area contributed by atoms with Crippen molar-refractivity contribution in [1.82, 2.24) is 0 Å². The molecule has 0 spiro atoms. The third-order valence-electron chi connectivity index (χ3n) is 3.31. The summed E-state index contributed by atoms with van der Waals surface area (Å²) in [6.45, 7) is 0.342. The van der Waals surface area contributed by atoms with E-state index in [9.17, 15) is 17.2 Å². The van der Waals surface area contributed by atoms with Gasteiger partial charge in [-0.05, 0) is 40.2 Å². The van der Waals surface area contributed by atoms with Crippen LogP contribution in [0.2, 0.25) is 5.02 Å². The van der Waals surface area contributed by atoms with Crippen LogP contribution in [0.5, 0.6) is 5.75 Å². The van der Waals surface area contributed by atoms with Crippen LogP contribution in [0.25, 0.3) is 0 Å². The van der Waals surface area contributed by atoms with E-state index in [0.29, 0.717) is 24.3 Å². The minimum absolute atomic E-state index is 0.0858. The minimum Gasteiger partial charge on any atom is -0.493 e. The fourth-order valence-corrected chi connectivity index (χ4v) is 4.26. The van der Waals surface area contributed by atoms with E-state index < -0.39 is 26.1 Å². The predicted octanol–water partition coefficient (Wildman–Crippen LogP) is 4.12. The maximum Gasteiger partial charge on any atom is 0.262 e. The lowest BCUT2D eigenvalue weighted by Crippen LogP contribution is -2.16. The standard InChI is InChI=1S/C14H9BrClF2NO3S/c15-13-9(17)1-2-10(14(13)18)19-23(20,21)12-6-7(16)5-11-8(12)3-4-22-11/h1-2,5-6,19H,3-4H2. The van der Waals surface area contributed by atoms with Crippen LogP contribution in [0.4, 0.5) is 14.5 Å². The molecule has 0 bridgehead atoms. The molecule has 1 N–H and O–H groups in total. The molecule has 23 heavy (non-hydrogen) atoms. The number of halogens is 4. The van der Waals surface area contributed by atoms with Crippen molar-refractivity contribution in [2.75, 3.05) is 11.3 Å². The maximum absolute atomic E-state index is 14.0. The van der Waals surface area contributed by atoms with Crippen LogP contribution < -0.4 is 9.46 Å². The maximum atomic E-state index is 14.0. The number of ether oxygens (including phenoxy) is 1. The predicted molar refractivity (Wildman–Crippen MR) is 85.5 cm³/mol. The van der Waals surface area contributed by atoms with Gasteiger partial charge in [0.1, 0.15) is 11.6 Å².